The minimum absolute atomic E-state index is 0.393. The average Bonchev–Trinajstić information content (AvgIpc) is 2.58. The number of para-hydroxylation sites is 2. The van der Waals surface area contributed by atoms with Crippen molar-refractivity contribution in [3.05, 3.63) is 30.1 Å². The molecule has 3 heteroatoms. The number of imidazole rings is 1. The van der Waals surface area contributed by atoms with E-state index in [4.69, 9.17) is 0 Å². The molecule has 0 atom stereocenters. The molecule has 2 aromatic rings. The van der Waals surface area contributed by atoms with Gasteiger partial charge in [0, 0.05) is 6.42 Å². The van der Waals surface area contributed by atoms with E-state index in [0.29, 0.717) is 6.54 Å². The van der Waals surface area contributed by atoms with Gasteiger partial charge < -0.3 is 9.36 Å². The van der Waals surface area contributed by atoms with Gasteiger partial charge in [0.2, 0.25) is 0 Å². The van der Waals surface area contributed by atoms with Crippen LogP contribution in [0.3, 0.4) is 0 Å². The second-order valence-electron chi connectivity index (χ2n) is 3.15. The lowest BCUT2D eigenvalue weighted by Crippen LogP contribution is -2.03. The Bertz CT molecular complexity index is 459. The average molecular weight is 188 g/mol. The molecule has 3 nitrogen and oxygen atoms in total. The van der Waals surface area contributed by atoms with Gasteiger partial charge in [0.15, 0.2) is 0 Å². The SMILES string of the molecule is CCc1nc2ccccc2n1CC=O. The van der Waals surface area contributed by atoms with E-state index in [2.05, 4.69) is 4.98 Å². The zero-order valence-corrected chi connectivity index (χ0v) is 8.10. The molecule has 0 aliphatic carbocycles. The van der Waals surface area contributed by atoms with Gasteiger partial charge >= 0.3 is 0 Å². The molecule has 0 radical (unpaired) electrons. The Morgan fingerprint density at radius 1 is 1.43 bits per heavy atom. The van der Waals surface area contributed by atoms with Crippen LogP contribution in [0.5, 0.6) is 0 Å². The summed E-state index contributed by atoms with van der Waals surface area (Å²) in [4.78, 5) is 15.0. The van der Waals surface area contributed by atoms with Gasteiger partial charge in [-0.3, -0.25) is 0 Å². The number of aromatic nitrogens is 2. The summed E-state index contributed by atoms with van der Waals surface area (Å²) in [7, 11) is 0. The number of carbonyl (C=O) groups excluding carboxylic acids is 1. The fourth-order valence-electron chi connectivity index (χ4n) is 1.67. The summed E-state index contributed by atoms with van der Waals surface area (Å²) < 4.78 is 1.96. The number of rotatable bonds is 3. The number of hydrogen-bond acceptors (Lipinski definition) is 2. The first-order chi connectivity index (χ1) is 6.86. The van der Waals surface area contributed by atoms with Crippen molar-refractivity contribution in [2.45, 2.75) is 19.9 Å². The summed E-state index contributed by atoms with van der Waals surface area (Å²) in [5.74, 6) is 0.971. The lowest BCUT2D eigenvalue weighted by molar-refractivity contribution is -0.108. The standard InChI is InChI=1S/C11H12N2O/c1-2-11-12-9-5-3-4-6-10(9)13(11)7-8-14/h3-6,8H,2,7H2,1H3. The van der Waals surface area contributed by atoms with E-state index in [1.165, 1.54) is 0 Å². The van der Waals surface area contributed by atoms with E-state index in [1.807, 2.05) is 35.8 Å². The van der Waals surface area contributed by atoms with Crippen molar-refractivity contribution < 1.29 is 4.79 Å². The van der Waals surface area contributed by atoms with Crippen molar-refractivity contribution in [3.63, 3.8) is 0 Å². The number of fused-ring (bicyclic) bond motifs is 1. The predicted molar refractivity (Wildman–Crippen MR) is 55.2 cm³/mol. The third-order valence-electron chi connectivity index (χ3n) is 2.31. The Balaban J connectivity index is 2.67. The maximum absolute atomic E-state index is 10.5. The van der Waals surface area contributed by atoms with Crippen molar-refractivity contribution in [3.8, 4) is 0 Å². The Labute approximate surface area is 82.4 Å². The van der Waals surface area contributed by atoms with Crippen molar-refractivity contribution in [2.24, 2.45) is 0 Å². The molecule has 0 bridgehead atoms. The van der Waals surface area contributed by atoms with Gasteiger partial charge in [-0.1, -0.05) is 19.1 Å². The fraction of sp³-hybridized carbons (Fsp3) is 0.273. The molecule has 0 spiro atoms. The van der Waals surface area contributed by atoms with E-state index >= 15 is 0 Å². The Hall–Kier alpha value is -1.64. The van der Waals surface area contributed by atoms with Crippen molar-refractivity contribution in [1.29, 1.82) is 0 Å². The monoisotopic (exact) mass is 188 g/mol. The topological polar surface area (TPSA) is 34.9 Å². The second kappa shape index (κ2) is 3.62. The molecule has 1 heterocycles. The van der Waals surface area contributed by atoms with Crippen LogP contribution in [0.2, 0.25) is 0 Å². The number of hydrogen-bond donors (Lipinski definition) is 0. The summed E-state index contributed by atoms with van der Waals surface area (Å²) in [6.45, 7) is 2.44. The normalized spacial score (nSPS) is 10.6. The van der Waals surface area contributed by atoms with E-state index in [1.54, 1.807) is 0 Å². The molecule has 0 unspecified atom stereocenters. The van der Waals surface area contributed by atoms with Crippen LogP contribution in [0, 0.1) is 0 Å². The lowest BCUT2D eigenvalue weighted by atomic mass is 10.3. The summed E-state index contributed by atoms with van der Waals surface area (Å²) in [6.07, 6.45) is 1.76. The molecule has 0 saturated heterocycles. The van der Waals surface area contributed by atoms with Gasteiger partial charge in [-0.15, -0.1) is 0 Å². The molecule has 0 amide bonds. The van der Waals surface area contributed by atoms with Gasteiger partial charge in [-0.2, -0.15) is 0 Å². The molecular weight excluding hydrogens is 176 g/mol. The Morgan fingerprint density at radius 3 is 2.93 bits per heavy atom. The van der Waals surface area contributed by atoms with Crippen LogP contribution in [0.4, 0.5) is 0 Å². The molecule has 1 aromatic carbocycles. The highest BCUT2D eigenvalue weighted by Gasteiger charge is 2.06. The van der Waals surface area contributed by atoms with Gasteiger partial charge in [-0.05, 0) is 12.1 Å². The molecule has 0 saturated carbocycles. The quantitative estimate of drug-likeness (QED) is 0.688. The van der Waals surface area contributed by atoms with Crippen LogP contribution in [-0.4, -0.2) is 15.8 Å². The molecule has 0 aliphatic rings. The van der Waals surface area contributed by atoms with E-state index in [-0.39, 0.29) is 0 Å². The third-order valence-corrected chi connectivity index (χ3v) is 2.31. The number of benzene rings is 1. The first-order valence-corrected chi connectivity index (χ1v) is 4.74. The van der Waals surface area contributed by atoms with Crippen LogP contribution in [0.1, 0.15) is 12.7 Å². The zero-order valence-electron chi connectivity index (χ0n) is 8.10. The van der Waals surface area contributed by atoms with Crippen LogP contribution >= 0.6 is 0 Å². The molecule has 0 aliphatic heterocycles. The molecule has 0 N–H and O–H groups in total. The maximum Gasteiger partial charge on any atom is 0.139 e. The summed E-state index contributed by atoms with van der Waals surface area (Å²) in [6, 6.07) is 7.88. The number of aldehydes is 1. The number of nitrogens with zero attached hydrogens (tertiary/aromatic N) is 2. The molecule has 2 rings (SSSR count). The minimum Gasteiger partial charge on any atom is -0.321 e. The molecule has 1 aromatic heterocycles. The van der Waals surface area contributed by atoms with Gasteiger partial charge in [0.25, 0.3) is 0 Å². The van der Waals surface area contributed by atoms with Gasteiger partial charge in [0.1, 0.15) is 12.1 Å². The number of aryl methyl sites for hydroxylation is 1. The number of carbonyl (C=O) groups is 1. The highest BCUT2D eigenvalue weighted by Crippen LogP contribution is 2.15. The second-order valence-corrected chi connectivity index (χ2v) is 3.15. The smallest absolute Gasteiger partial charge is 0.139 e. The Kier molecular flexibility index (Phi) is 2.31. The maximum atomic E-state index is 10.5. The molecule has 14 heavy (non-hydrogen) atoms. The summed E-state index contributed by atoms with van der Waals surface area (Å²) in [5.41, 5.74) is 2.00. The van der Waals surface area contributed by atoms with Crippen LogP contribution in [0.15, 0.2) is 24.3 Å². The largest absolute Gasteiger partial charge is 0.321 e. The van der Waals surface area contributed by atoms with Crippen molar-refractivity contribution in [2.75, 3.05) is 0 Å². The summed E-state index contributed by atoms with van der Waals surface area (Å²) in [5, 5.41) is 0. The zero-order chi connectivity index (χ0) is 9.97. The van der Waals surface area contributed by atoms with Crippen LogP contribution in [-0.2, 0) is 17.8 Å². The van der Waals surface area contributed by atoms with Crippen LogP contribution in [0.25, 0.3) is 11.0 Å². The Morgan fingerprint density at radius 2 is 2.21 bits per heavy atom. The van der Waals surface area contributed by atoms with Crippen LogP contribution < -0.4 is 0 Å². The highest BCUT2D eigenvalue weighted by atomic mass is 16.1. The first-order valence-electron chi connectivity index (χ1n) is 4.74. The highest BCUT2D eigenvalue weighted by molar-refractivity contribution is 5.76. The first kappa shape index (κ1) is 8.94. The fourth-order valence-corrected chi connectivity index (χ4v) is 1.67. The minimum atomic E-state index is 0.393. The lowest BCUT2D eigenvalue weighted by Gasteiger charge is -2.01. The third kappa shape index (κ3) is 1.31. The summed E-state index contributed by atoms with van der Waals surface area (Å²) >= 11 is 0. The predicted octanol–water partition coefficient (Wildman–Crippen LogP) is 1.80. The van der Waals surface area contributed by atoms with E-state index in [9.17, 15) is 4.79 Å². The van der Waals surface area contributed by atoms with Gasteiger partial charge in [0.05, 0.1) is 17.6 Å². The van der Waals surface area contributed by atoms with Crippen molar-refractivity contribution >= 4 is 17.3 Å². The molecular formula is C11H12N2O. The molecule has 0 fully saturated rings. The van der Waals surface area contributed by atoms with E-state index in [0.717, 1.165) is 29.6 Å². The molecule has 72 valence electrons. The van der Waals surface area contributed by atoms with E-state index < -0.39 is 0 Å². The van der Waals surface area contributed by atoms with Crippen molar-refractivity contribution in [1.82, 2.24) is 9.55 Å². The van der Waals surface area contributed by atoms with Gasteiger partial charge in [-0.25, -0.2) is 4.98 Å².